The molecule has 2 heterocycles. The highest BCUT2D eigenvalue weighted by Gasteiger charge is 2.29. The van der Waals surface area contributed by atoms with Crippen molar-refractivity contribution in [3.8, 4) is 0 Å². The molecule has 20 heavy (non-hydrogen) atoms. The van der Waals surface area contributed by atoms with Crippen molar-refractivity contribution in [1.29, 1.82) is 0 Å². The molecule has 2 aliphatic rings. The number of aliphatic hydroxyl groups is 1. The first kappa shape index (κ1) is 15.7. The van der Waals surface area contributed by atoms with Gasteiger partial charge in [-0.2, -0.15) is 0 Å². The van der Waals surface area contributed by atoms with Gasteiger partial charge in [-0.1, -0.05) is 13.8 Å². The van der Waals surface area contributed by atoms with Crippen LogP contribution in [-0.4, -0.2) is 72.7 Å². The monoisotopic (exact) mass is 283 g/mol. The molecule has 2 N–H and O–H groups in total. The average Bonchev–Trinajstić information content (AvgIpc) is 2.84. The fourth-order valence-corrected chi connectivity index (χ4v) is 2.97. The number of hydrogen-bond donors (Lipinski definition) is 2. The summed E-state index contributed by atoms with van der Waals surface area (Å²) in [6.07, 6.45) is 2.05. The number of nitrogens with zero attached hydrogens (tertiary/aromatic N) is 2. The third-order valence-corrected chi connectivity index (χ3v) is 4.46. The van der Waals surface area contributed by atoms with Crippen LogP contribution in [0.1, 0.15) is 33.1 Å². The second kappa shape index (κ2) is 6.87. The van der Waals surface area contributed by atoms with Gasteiger partial charge in [-0.3, -0.25) is 4.79 Å². The van der Waals surface area contributed by atoms with Crippen LogP contribution in [0.5, 0.6) is 0 Å². The molecule has 116 valence electrons. The Balaban J connectivity index is 1.73. The van der Waals surface area contributed by atoms with Gasteiger partial charge in [0.25, 0.3) is 0 Å². The van der Waals surface area contributed by atoms with E-state index in [1.54, 1.807) is 0 Å². The number of likely N-dealkylation sites (tertiary alicyclic amines) is 1. The van der Waals surface area contributed by atoms with Crippen molar-refractivity contribution < 1.29 is 9.90 Å². The number of β-amino-alcohol motifs (C(OH)–C–C–N with tert-alkyl or cyclic N) is 1. The number of piperazine rings is 1. The summed E-state index contributed by atoms with van der Waals surface area (Å²) in [5.74, 6) is 0.201. The average molecular weight is 283 g/mol. The third-order valence-electron chi connectivity index (χ3n) is 4.46. The Hall–Kier alpha value is -0.650. The lowest BCUT2D eigenvalue weighted by Crippen LogP contribution is -2.44. The maximum absolute atomic E-state index is 12.2. The Morgan fingerprint density at radius 1 is 1.30 bits per heavy atom. The zero-order chi connectivity index (χ0) is 14.6. The van der Waals surface area contributed by atoms with Crippen molar-refractivity contribution in [3.05, 3.63) is 0 Å². The Labute approximate surface area is 122 Å². The van der Waals surface area contributed by atoms with E-state index in [2.05, 4.69) is 24.1 Å². The Bertz CT molecular complexity index is 327. The number of amides is 1. The maximum Gasteiger partial charge on any atom is 0.223 e. The number of carbonyl (C=O) groups excluding carboxylic acids is 1. The molecule has 1 amide bonds. The molecular weight excluding hydrogens is 254 g/mol. The van der Waals surface area contributed by atoms with E-state index in [-0.39, 0.29) is 17.4 Å². The van der Waals surface area contributed by atoms with E-state index in [9.17, 15) is 9.90 Å². The molecular formula is C15H29N3O2. The molecule has 0 spiro atoms. The van der Waals surface area contributed by atoms with E-state index >= 15 is 0 Å². The van der Waals surface area contributed by atoms with Gasteiger partial charge in [-0.25, -0.2) is 0 Å². The Kier molecular flexibility index (Phi) is 5.41. The molecule has 2 aliphatic heterocycles. The number of nitrogens with one attached hydrogen (secondary N) is 1. The molecule has 0 aliphatic carbocycles. The molecule has 5 heteroatoms. The molecule has 1 unspecified atom stereocenters. The summed E-state index contributed by atoms with van der Waals surface area (Å²) < 4.78 is 0. The van der Waals surface area contributed by atoms with Crippen molar-refractivity contribution in [2.75, 3.05) is 45.8 Å². The lowest BCUT2D eigenvalue weighted by atomic mass is 9.85. The normalized spacial score (nSPS) is 25.1. The topological polar surface area (TPSA) is 55.8 Å². The minimum atomic E-state index is -0.317. The lowest BCUT2D eigenvalue weighted by Gasteiger charge is -2.32. The molecule has 0 bridgehead atoms. The van der Waals surface area contributed by atoms with Crippen LogP contribution >= 0.6 is 0 Å². The fraction of sp³-hybridized carbons (Fsp3) is 0.933. The predicted octanol–water partition coefficient (Wildman–Crippen LogP) is 0.291. The van der Waals surface area contributed by atoms with Crippen LogP contribution in [0.15, 0.2) is 0 Å². The standard InChI is InChI=1S/C15H29N3O2/c1-15(2,4-8-17-9-5-16-6-10-17)11-14(20)18-7-3-13(19)12-18/h13,16,19H,3-12H2,1-2H3. The van der Waals surface area contributed by atoms with Crippen molar-refractivity contribution >= 4 is 5.91 Å². The van der Waals surface area contributed by atoms with Gasteiger partial charge in [-0.05, 0) is 24.8 Å². The van der Waals surface area contributed by atoms with E-state index in [1.165, 1.54) is 0 Å². The second-order valence-corrected chi connectivity index (χ2v) is 6.96. The SMILES string of the molecule is CC(C)(CCN1CCNCC1)CC(=O)N1CCC(O)C1. The minimum Gasteiger partial charge on any atom is -0.391 e. The van der Waals surface area contributed by atoms with E-state index < -0.39 is 0 Å². The molecule has 0 saturated carbocycles. The molecule has 1 atom stereocenters. The third kappa shape index (κ3) is 4.72. The molecule has 2 saturated heterocycles. The molecule has 5 nitrogen and oxygen atoms in total. The van der Waals surface area contributed by atoms with E-state index in [0.717, 1.165) is 45.6 Å². The fourth-order valence-electron chi connectivity index (χ4n) is 2.97. The summed E-state index contributed by atoms with van der Waals surface area (Å²) in [5, 5.41) is 12.9. The molecule has 0 aromatic rings. The highest BCUT2D eigenvalue weighted by Crippen LogP contribution is 2.27. The van der Waals surface area contributed by atoms with Crippen LogP contribution < -0.4 is 5.32 Å². The van der Waals surface area contributed by atoms with Gasteiger partial charge in [0.1, 0.15) is 0 Å². The molecule has 0 radical (unpaired) electrons. The van der Waals surface area contributed by atoms with E-state index in [4.69, 9.17) is 0 Å². The van der Waals surface area contributed by atoms with Crippen molar-refractivity contribution in [2.45, 2.75) is 39.2 Å². The van der Waals surface area contributed by atoms with Gasteiger partial charge in [0.15, 0.2) is 0 Å². The number of carbonyl (C=O) groups is 1. The van der Waals surface area contributed by atoms with E-state index in [0.29, 0.717) is 19.5 Å². The molecule has 0 aromatic carbocycles. The van der Waals surface area contributed by atoms with Gasteiger partial charge in [0.2, 0.25) is 5.91 Å². The number of hydrogen-bond acceptors (Lipinski definition) is 4. The van der Waals surface area contributed by atoms with Crippen LogP contribution in [0.3, 0.4) is 0 Å². The summed E-state index contributed by atoms with van der Waals surface area (Å²) in [6.45, 7) is 11.0. The summed E-state index contributed by atoms with van der Waals surface area (Å²) in [7, 11) is 0. The maximum atomic E-state index is 12.2. The van der Waals surface area contributed by atoms with Crippen LogP contribution in [0.2, 0.25) is 0 Å². The number of aliphatic hydroxyl groups excluding tert-OH is 1. The van der Waals surface area contributed by atoms with Crippen LogP contribution in [0.25, 0.3) is 0 Å². The van der Waals surface area contributed by atoms with Crippen LogP contribution in [-0.2, 0) is 4.79 Å². The second-order valence-electron chi connectivity index (χ2n) is 6.96. The van der Waals surface area contributed by atoms with Gasteiger partial charge < -0.3 is 20.2 Å². The highest BCUT2D eigenvalue weighted by atomic mass is 16.3. The zero-order valence-corrected chi connectivity index (χ0v) is 12.9. The Morgan fingerprint density at radius 3 is 2.60 bits per heavy atom. The molecule has 2 fully saturated rings. The molecule has 2 rings (SSSR count). The van der Waals surface area contributed by atoms with Gasteiger partial charge in [0.05, 0.1) is 6.10 Å². The first-order chi connectivity index (χ1) is 9.46. The zero-order valence-electron chi connectivity index (χ0n) is 12.9. The highest BCUT2D eigenvalue weighted by molar-refractivity contribution is 5.77. The summed E-state index contributed by atoms with van der Waals surface area (Å²) in [5.41, 5.74) is 0.0372. The lowest BCUT2D eigenvalue weighted by molar-refractivity contribution is -0.132. The summed E-state index contributed by atoms with van der Waals surface area (Å²) in [4.78, 5) is 16.5. The van der Waals surface area contributed by atoms with Gasteiger partial charge >= 0.3 is 0 Å². The van der Waals surface area contributed by atoms with Crippen molar-refractivity contribution in [3.63, 3.8) is 0 Å². The van der Waals surface area contributed by atoms with E-state index in [1.807, 2.05) is 4.90 Å². The molecule has 0 aromatic heterocycles. The first-order valence-corrected chi connectivity index (χ1v) is 7.85. The van der Waals surface area contributed by atoms with Crippen LogP contribution in [0, 0.1) is 5.41 Å². The largest absolute Gasteiger partial charge is 0.391 e. The number of rotatable bonds is 5. The smallest absolute Gasteiger partial charge is 0.223 e. The first-order valence-electron chi connectivity index (χ1n) is 7.85. The van der Waals surface area contributed by atoms with Gasteiger partial charge in [0, 0.05) is 45.7 Å². The van der Waals surface area contributed by atoms with Crippen LogP contribution in [0.4, 0.5) is 0 Å². The van der Waals surface area contributed by atoms with Crippen molar-refractivity contribution in [2.24, 2.45) is 5.41 Å². The van der Waals surface area contributed by atoms with Crippen molar-refractivity contribution in [1.82, 2.24) is 15.1 Å². The quantitative estimate of drug-likeness (QED) is 0.761. The predicted molar refractivity (Wildman–Crippen MR) is 79.5 cm³/mol. The van der Waals surface area contributed by atoms with Gasteiger partial charge in [-0.15, -0.1) is 0 Å². The minimum absolute atomic E-state index is 0.0372. The summed E-state index contributed by atoms with van der Waals surface area (Å²) >= 11 is 0. The summed E-state index contributed by atoms with van der Waals surface area (Å²) in [6, 6.07) is 0. The Morgan fingerprint density at radius 2 is 2.00 bits per heavy atom.